The fraction of sp³-hybridized carbons (Fsp3) is 0.263. The van der Waals surface area contributed by atoms with Gasteiger partial charge in [0, 0.05) is 10.6 Å². The van der Waals surface area contributed by atoms with Crippen LogP contribution < -0.4 is 5.32 Å². The molecule has 126 valence electrons. The minimum absolute atomic E-state index is 0.0733. The van der Waals surface area contributed by atoms with E-state index in [0.29, 0.717) is 17.9 Å². The van der Waals surface area contributed by atoms with E-state index in [0.717, 1.165) is 10.5 Å². The number of anilines is 1. The maximum Gasteiger partial charge on any atom is 0.338 e. The highest BCUT2D eigenvalue weighted by molar-refractivity contribution is 8.00. The number of aryl methyl sites for hydroxylation is 1. The Bertz CT molecular complexity index is 716. The molecule has 2 aromatic carbocycles. The second kappa shape index (κ2) is 8.55. The fourth-order valence-electron chi connectivity index (χ4n) is 2.14. The Kier molecular flexibility index (Phi) is 6.44. The molecule has 0 bridgehead atoms. The lowest BCUT2D eigenvalue weighted by Crippen LogP contribution is -2.23. The molecule has 0 aromatic heterocycles. The summed E-state index contributed by atoms with van der Waals surface area (Å²) in [5.74, 6) is -0.428. The Morgan fingerprint density at radius 2 is 1.88 bits per heavy atom. The van der Waals surface area contributed by atoms with E-state index < -0.39 is 0 Å². The van der Waals surface area contributed by atoms with E-state index in [1.165, 1.54) is 11.8 Å². The van der Waals surface area contributed by atoms with E-state index in [1.807, 2.05) is 44.2 Å². The van der Waals surface area contributed by atoms with Gasteiger partial charge in [-0.3, -0.25) is 4.79 Å². The molecule has 0 heterocycles. The van der Waals surface area contributed by atoms with Crippen molar-refractivity contribution in [3.63, 3.8) is 0 Å². The van der Waals surface area contributed by atoms with Crippen LogP contribution in [0, 0.1) is 6.92 Å². The van der Waals surface area contributed by atoms with Crippen LogP contribution in [0.2, 0.25) is 0 Å². The lowest BCUT2D eigenvalue weighted by Gasteiger charge is -2.14. The maximum atomic E-state index is 12.4. The molecule has 0 fully saturated rings. The zero-order chi connectivity index (χ0) is 17.5. The SMILES string of the molecule is CCOC(=O)c1ccc(NC(=O)[C@@H](C)Sc2ccccc2)c(C)c1. The number of thioether (sulfide) groups is 1. The lowest BCUT2D eigenvalue weighted by molar-refractivity contribution is -0.115. The highest BCUT2D eigenvalue weighted by Gasteiger charge is 2.16. The van der Waals surface area contributed by atoms with Gasteiger partial charge in [0.15, 0.2) is 0 Å². The number of benzene rings is 2. The summed E-state index contributed by atoms with van der Waals surface area (Å²) in [5, 5.41) is 2.69. The van der Waals surface area contributed by atoms with Crippen molar-refractivity contribution in [3.05, 3.63) is 59.7 Å². The number of rotatable bonds is 6. The van der Waals surface area contributed by atoms with Crippen molar-refractivity contribution in [2.75, 3.05) is 11.9 Å². The van der Waals surface area contributed by atoms with Gasteiger partial charge >= 0.3 is 5.97 Å². The summed E-state index contributed by atoms with van der Waals surface area (Å²) in [6.07, 6.45) is 0. The smallest absolute Gasteiger partial charge is 0.338 e. The first-order chi connectivity index (χ1) is 11.5. The summed E-state index contributed by atoms with van der Waals surface area (Å²) >= 11 is 1.51. The van der Waals surface area contributed by atoms with Gasteiger partial charge in [-0.05, 0) is 56.7 Å². The second-order valence-corrected chi connectivity index (χ2v) is 6.73. The van der Waals surface area contributed by atoms with Gasteiger partial charge in [0.1, 0.15) is 0 Å². The van der Waals surface area contributed by atoms with Crippen LogP contribution in [-0.4, -0.2) is 23.7 Å². The van der Waals surface area contributed by atoms with Gasteiger partial charge < -0.3 is 10.1 Å². The van der Waals surface area contributed by atoms with Crippen molar-refractivity contribution in [2.24, 2.45) is 0 Å². The van der Waals surface area contributed by atoms with E-state index in [2.05, 4.69) is 5.32 Å². The van der Waals surface area contributed by atoms with Crippen LogP contribution in [0.3, 0.4) is 0 Å². The van der Waals surface area contributed by atoms with Crippen LogP contribution in [0.25, 0.3) is 0 Å². The molecule has 1 amide bonds. The van der Waals surface area contributed by atoms with Crippen LogP contribution in [0.5, 0.6) is 0 Å². The predicted molar refractivity (Wildman–Crippen MR) is 97.5 cm³/mol. The quantitative estimate of drug-likeness (QED) is 0.628. The van der Waals surface area contributed by atoms with Crippen LogP contribution in [-0.2, 0) is 9.53 Å². The molecule has 0 unspecified atom stereocenters. The molecule has 0 aliphatic carbocycles. The van der Waals surface area contributed by atoms with E-state index in [9.17, 15) is 9.59 Å². The highest BCUT2D eigenvalue weighted by atomic mass is 32.2. The van der Waals surface area contributed by atoms with E-state index >= 15 is 0 Å². The molecule has 1 atom stereocenters. The summed E-state index contributed by atoms with van der Waals surface area (Å²) in [6.45, 7) is 5.83. The molecule has 0 saturated carbocycles. The molecule has 2 rings (SSSR count). The van der Waals surface area contributed by atoms with Crippen molar-refractivity contribution in [1.29, 1.82) is 0 Å². The monoisotopic (exact) mass is 343 g/mol. The van der Waals surface area contributed by atoms with Gasteiger partial charge in [-0.15, -0.1) is 11.8 Å². The Labute approximate surface area is 146 Å². The number of carbonyl (C=O) groups excluding carboxylic acids is 2. The number of hydrogen-bond donors (Lipinski definition) is 1. The third kappa shape index (κ3) is 4.86. The molecule has 5 heteroatoms. The fourth-order valence-corrected chi connectivity index (χ4v) is 3.02. The molecule has 0 saturated heterocycles. The average molecular weight is 343 g/mol. The van der Waals surface area contributed by atoms with Gasteiger partial charge in [-0.2, -0.15) is 0 Å². The lowest BCUT2D eigenvalue weighted by atomic mass is 10.1. The minimum atomic E-state index is -0.355. The third-order valence-electron chi connectivity index (χ3n) is 3.42. The van der Waals surface area contributed by atoms with Gasteiger partial charge in [-0.25, -0.2) is 4.79 Å². The van der Waals surface area contributed by atoms with Crippen molar-refractivity contribution >= 4 is 29.3 Å². The largest absolute Gasteiger partial charge is 0.462 e. The molecule has 1 N–H and O–H groups in total. The molecular weight excluding hydrogens is 322 g/mol. The second-order valence-electron chi connectivity index (χ2n) is 5.31. The Balaban J connectivity index is 2.02. The molecular formula is C19H21NO3S. The summed E-state index contributed by atoms with van der Waals surface area (Å²) < 4.78 is 4.98. The third-order valence-corrected chi connectivity index (χ3v) is 4.53. The number of nitrogens with one attached hydrogen (secondary N) is 1. The average Bonchev–Trinajstić information content (AvgIpc) is 2.57. The first kappa shape index (κ1) is 18.1. The highest BCUT2D eigenvalue weighted by Crippen LogP contribution is 2.24. The Hall–Kier alpha value is -2.27. The summed E-state index contributed by atoms with van der Waals surface area (Å²) in [7, 11) is 0. The maximum absolute atomic E-state index is 12.4. The topological polar surface area (TPSA) is 55.4 Å². The summed E-state index contributed by atoms with van der Waals surface area (Å²) in [4.78, 5) is 25.1. The number of esters is 1. The van der Waals surface area contributed by atoms with Crippen molar-refractivity contribution in [1.82, 2.24) is 0 Å². The molecule has 0 radical (unpaired) electrons. The van der Waals surface area contributed by atoms with Crippen molar-refractivity contribution < 1.29 is 14.3 Å². The zero-order valence-corrected chi connectivity index (χ0v) is 14.9. The van der Waals surface area contributed by atoms with Crippen LogP contribution in [0.1, 0.15) is 29.8 Å². The van der Waals surface area contributed by atoms with Crippen molar-refractivity contribution in [3.8, 4) is 0 Å². The van der Waals surface area contributed by atoms with Gasteiger partial charge in [-0.1, -0.05) is 18.2 Å². The van der Waals surface area contributed by atoms with Crippen molar-refractivity contribution in [2.45, 2.75) is 30.9 Å². The van der Waals surface area contributed by atoms with Gasteiger partial charge in [0.25, 0.3) is 0 Å². The molecule has 4 nitrogen and oxygen atoms in total. The first-order valence-electron chi connectivity index (χ1n) is 7.81. The van der Waals surface area contributed by atoms with Crippen LogP contribution in [0.4, 0.5) is 5.69 Å². The van der Waals surface area contributed by atoms with E-state index in [1.54, 1.807) is 25.1 Å². The van der Waals surface area contributed by atoms with Crippen LogP contribution in [0.15, 0.2) is 53.4 Å². The standard InChI is InChI=1S/C19H21NO3S/c1-4-23-19(22)15-10-11-17(13(2)12-15)20-18(21)14(3)24-16-8-6-5-7-9-16/h5-12,14H,4H2,1-3H3,(H,20,21)/t14-/m1/s1. The van der Waals surface area contributed by atoms with Gasteiger partial charge in [0.05, 0.1) is 17.4 Å². The normalized spacial score (nSPS) is 11.6. The molecule has 24 heavy (non-hydrogen) atoms. The van der Waals surface area contributed by atoms with Gasteiger partial charge in [0.2, 0.25) is 5.91 Å². The minimum Gasteiger partial charge on any atom is -0.462 e. The number of amides is 1. The molecule has 0 spiro atoms. The number of carbonyl (C=O) groups is 2. The zero-order valence-electron chi connectivity index (χ0n) is 14.0. The van der Waals surface area contributed by atoms with E-state index in [4.69, 9.17) is 4.74 Å². The summed E-state index contributed by atoms with van der Waals surface area (Å²) in [6, 6.07) is 14.9. The molecule has 0 aliphatic heterocycles. The molecule has 2 aromatic rings. The van der Waals surface area contributed by atoms with E-state index in [-0.39, 0.29) is 17.1 Å². The van der Waals surface area contributed by atoms with Crippen LogP contribution >= 0.6 is 11.8 Å². The number of hydrogen-bond acceptors (Lipinski definition) is 4. The Morgan fingerprint density at radius 3 is 2.50 bits per heavy atom. The number of ether oxygens (including phenoxy) is 1. The molecule has 0 aliphatic rings. The summed E-state index contributed by atoms with van der Waals surface area (Å²) in [5.41, 5.74) is 2.01. The first-order valence-corrected chi connectivity index (χ1v) is 8.69. The predicted octanol–water partition coefficient (Wildman–Crippen LogP) is 4.29. The Morgan fingerprint density at radius 1 is 1.17 bits per heavy atom.